The highest BCUT2D eigenvalue weighted by Crippen LogP contribution is 2.20. The average Bonchev–Trinajstić information content (AvgIpc) is 2.23. The van der Waals surface area contributed by atoms with Gasteiger partial charge in [0, 0.05) is 6.08 Å². The minimum atomic E-state index is -0.925. The van der Waals surface area contributed by atoms with Crippen LogP contribution in [0, 0.1) is 13.8 Å². The summed E-state index contributed by atoms with van der Waals surface area (Å²) in [4.78, 5) is 10.5. The van der Waals surface area contributed by atoms with Gasteiger partial charge in [-0.15, -0.1) is 0 Å². The number of likely N-dealkylation sites (N-methyl/N-ethyl adjacent to an activating group) is 1. The molecule has 0 aliphatic heterocycles. The zero-order valence-electron chi connectivity index (χ0n) is 9.82. The van der Waals surface area contributed by atoms with Crippen molar-refractivity contribution in [3.05, 3.63) is 47.0 Å². The van der Waals surface area contributed by atoms with Gasteiger partial charge < -0.3 is 10.4 Å². The van der Waals surface area contributed by atoms with E-state index < -0.39 is 5.97 Å². The van der Waals surface area contributed by atoms with Crippen molar-refractivity contribution in [2.75, 3.05) is 7.05 Å². The number of aliphatic carboxylic acids is 1. The molecule has 86 valence electrons. The summed E-state index contributed by atoms with van der Waals surface area (Å²) in [5, 5.41) is 11.7. The number of carboxylic acids is 1. The highest BCUT2D eigenvalue weighted by atomic mass is 16.4. The van der Waals surface area contributed by atoms with Gasteiger partial charge in [0.1, 0.15) is 0 Å². The quantitative estimate of drug-likeness (QED) is 0.763. The second-order valence-corrected chi connectivity index (χ2v) is 3.82. The Balaban J connectivity index is 3.03. The van der Waals surface area contributed by atoms with Gasteiger partial charge in [-0.1, -0.05) is 29.8 Å². The summed E-state index contributed by atoms with van der Waals surface area (Å²) in [6.45, 7) is 4.05. The number of aryl methyl sites for hydroxylation is 2. The molecule has 0 radical (unpaired) electrons. The third-order valence-corrected chi connectivity index (χ3v) is 2.51. The Labute approximate surface area is 95.8 Å². The standard InChI is InChI=1S/C13H17NO2/c1-9-4-5-10(2)11(8-9)12(14-3)6-7-13(15)16/h4-8,12,14H,1-3H3,(H,15,16)/b7-6+. The van der Waals surface area contributed by atoms with Gasteiger partial charge in [-0.05, 0) is 32.0 Å². The van der Waals surface area contributed by atoms with Crippen molar-refractivity contribution in [2.45, 2.75) is 19.9 Å². The fourth-order valence-electron chi connectivity index (χ4n) is 1.63. The zero-order valence-corrected chi connectivity index (χ0v) is 9.82. The largest absolute Gasteiger partial charge is 0.478 e. The molecule has 1 atom stereocenters. The van der Waals surface area contributed by atoms with Gasteiger partial charge in [0.25, 0.3) is 0 Å². The first kappa shape index (κ1) is 12.5. The van der Waals surface area contributed by atoms with E-state index in [1.165, 1.54) is 11.6 Å². The van der Waals surface area contributed by atoms with Crippen LogP contribution in [0.3, 0.4) is 0 Å². The Morgan fingerprint density at radius 2 is 2.12 bits per heavy atom. The summed E-state index contributed by atoms with van der Waals surface area (Å²) in [5.74, 6) is -0.925. The first-order valence-corrected chi connectivity index (χ1v) is 5.20. The van der Waals surface area contributed by atoms with Gasteiger partial charge in [0.05, 0.1) is 6.04 Å². The van der Waals surface area contributed by atoms with E-state index in [1.807, 2.05) is 33.0 Å². The molecule has 0 aliphatic rings. The summed E-state index contributed by atoms with van der Waals surface area (Å²) in [7, 11) is 1.82. The van der Waals surface area contributed by atoms with Crippen LogP contribution >= 0.6 is 0 Å². The summed E-state index contributed by atoms with van der Waals surface area (Å²) in [6.07, 6.45) is 2.83. The van der Waals surface area contributed by atoms with E-state index in [2.05, 4.69) is 11.4 Å². The van der Waals surface area contributed by atoms with E-state index in [0.717, 1.165) is 11.1 Å². The van der Waals surface area contributed by atoms with Gasteiger partial charge >= 0.3 is 5.97 Å². The van der Waals surface area contributed by atoms with Crippen LogP contribution in [-0.2, 0) is 4.79 Å². The van der Waals surface area contributed by atoms with Crippen LogP contribution in [0.2, 0.25) is 0 Å². The van der Waals surface area contributed by atoms with E-state index in [-0.39, 0.29) is 6.04 Å². The monoisotopic (exact) mass is 219 g/mol. The number of carbonyl (C=O) groups is 1. The maximum atomic E-state index is 10.5. The molecule has 0 saturated heterocycles. The summed E-state index contributed by atoms with van der Waals surface area (Å²) in [5.41, 5.74) is 3.43. The highest BCUT2D eigenvalue weighted by molar-refractivity contribution is 5.79. The molecule has 0 aromatic heterocycles. The molecule has 1 rings (SSSR count). The van der Waals surface area contributed by atoms with E-state index in [1.54, 1.807) is 6.08 Å². The van der Waals surface area contributed by atoms with E-state index in [9.17, 15) is 4.79 Å². The fourth-order valence-corrected chi connectivity index (χ4v) is 1.63. The van der Waals surface area contributed by atoms with Crippen LogP contribution in [0.5, 0.6) is 0 Å². The lowest BCUT2D eigenvalue weighted by Gasteiger charge is -2.15. The van der Waals surface area contributed by atoms with Crippen molar-refractivity contribution in [2.24, 2.45) is 0 Å². The summed E-state index contributed by atoms with van der Waals surface area (Å²) in [6, 6.07) is 6.11. The number of hydrogen-bond acceptors (Lipinski definition) is 2. The molecule has 3 heteroatoms. The number of rotatable bonds is 4. The molecule has 0 spiro atoms. The third-order valence-electron chi connectivity index (χ3n) is 2.51. The van der Waals surface area contributed by atoms with Crippen molar-refractivity contribution >= 4 is 5.97 Å². The van der Waals surface area contributed by atoms with Gasteiger partial charge in [0.2, 0.25) is 0 Å². The first-order chi connectivity index (χ1) is 7.54. The molecule has 0 heterocycles. The molecule has 0 aliphatic carbocycles. The van der Waals surface area contributed by atoms with Crippen molar-refractivity contribution in [1.29, 1.82) is 0 Å². The second-order valence-electron chi connectivity index (χ2n) is 3.82. The van der Waals surface area contributed by atoms with Crippen molar-refractivity contribution < 1.29 is 9.90 Å². The van der Waals surface area contributed by atoms with E-state index in [0.29, 0.717) is 0 Å². The van der Waals surface area contributed by atoms with Gasteiger partial charge in [-0.3, -0.25) is 0 Å². The molecule has 1 aromatic rings. The Kier molecular flexibility index (Phi) is 4.26. The van der Waals surface area contributed by atoms with Crippen molar-refractivity contribution in [3.63, 3.8) is 0 Å². The van der Waals surface area contributed by atoms with Gasteiger partial charge in [-0.25, -0.2) is 4.79 Å². The zero-order chi connectivity index (χ0) is 12.1. The molecule has 1 aromatic carbocycles. The Morgan fingerprint density at radius 3 is 2.69 bits per heavy atom. The number of hydrogen-bond donors (Lipinski definition) is 2. The van der Waals surface area contributed by atoms with Crippen LogP contribution < -0.4 is 5.32 Å². The lowest BCUT2D eigenvalue weighted by molar-refractivity contribution is -0.131. The number of benzene rings is 1. The molecule has 2 N–H and O–H groups in total. The minimum absolute atomic E-state index is 0.0593. The Bertz CT molecular complexity index is 410. The predicted molar refractivity (Wildman–Crippen MR) is 64.5 cm³/mol. The van der Waals surface area contributed by atoms with Crippen LogP contribution in [-0.4, -0.2) is 18.1 Å². The SMILES string of the molecule is CNC(/C=C/C(=O)O)c1cc(C)ccc1C. The van der Waals surface area contributed by atoms with Crippen LogP contribution in [0.25, 0.3) is 0 Å². The molecular formula is C13H17NO2. The molecule has 0 saturated carbocycles. The molecule has 1 unspecified atom stereocenters. The molecule has 3 nitrogen and oxygen atoms in total. The highest BCUT2D eigenvalue weighted by Gasteiger charge is 2.08. The molecular weight excluding hydrogens is 202 g/mol. The lowest BCUT2D eigenvalue weighted by atomic mass is 9.98. The molecule has 0 amide bonds. The molecule has 16 heavy (non-hydrogen) atoms. The van der Waals surface area contributed by atoms with Gasteiger partial charge in [-0.2, -0.15) is 0 Å². The summed E-state index contributed by atoms with van der Waals surface area (Å²) >= 11 is 0. The van der Waals surface area contributed by atoms with E-state index >= 15 is 0 Å². The second kappa shape index (κ2) is 5.47. The maximum Gasteiger partial charge on any atom is 0.328 e. The first-order valence-electron chi connectivity index (χ1n) is 5.20. The molecule has 0 bridgehead atoms. The normalized spacial score (nSPS) is 12.9. The summed E-state index contributed by atoms with van der Waals surface area (Å²) < 4.78 is 0. The van der Waals surface area contributed by atoms with Crippen LogP contribution in [0.4, 0.5) is 0 Å². The lowest BCUT2D eigenvalue weighted by Crippen LogP contribution is -2.15. The van der Waals surface area contributed by atoms with Crippen LogP contribution in [0.1, 0.15) is 22.7 Å². The Hall–Kier alpha value is -1.61. The number of nitrogens with one attached hydrogen (secondary N) is 1. The maximum absolute atomic E-state index is 10.5. The van der Waals surface area contributed by atoms with Crippen LogP contribution in [0.15, 0.2) is 30.4 Å². The Morgan fingerprint density at radius 1 is 1.44 bits per heavy atom. The third kappa shape index (κ3) is 3.21. The smallest absolute Gasteiger partial charge is 0.328 e. The topological polar surface area (TPSA) is 49.3 Å². The van der Waals surface area contributed by atoms with Crippen molar-refractivity contribution in [1.82, 2.24) is 5.32 Å². The fraction of sp³-hybridized carbons (Fsp3) is 0.308. The van der Waals surface area contributed by atoms with Crippen molar-refractivity contribution in [3.8, 4) is 0 Å². The molecule has 0 fully saturated rings. The minimum Gasteiger partial charge on any atom is -0.478 e. The van der Waals surface area contributed by atoms with E-state index in [4.69, 9.17) is 5.11 Å². The number of carboxylic acid groups (broad SMARTS) is 1. The average molecular weight is 219 g/mol. The van der Waals surface area contributed by atoms with Gasteiger partial charge in [0.15, 0.2) is 0 Å². The predicted octanol–water partition coefficient (Wildman–Crippen LogP) is 2.20.